The number of nitrogens with one attached hydrogen (secondary N) is 1. The lowest BCUT2D eigenvalue weighted by atomic mass is 10.1. The van der Waals surface area contributed by atoms with E-state index in [9.17, 15) is 13.6 Å². The Balaban J connectivity index is 1.50. The van der Waals surface area contributed by atoms with Crippen molar-refractivity contribution in [3.63, 3.8) is 0 Å². The van der Waals surface area contributed by atoms with Gasteiger partial charge >= 0.3 is 0 Å². The maximum absolute atomic E-state index is 14.3. The molecule has 0 saturated carbocycles. The fraction of sp³-hybridized carbons (Fsp3) is 0.227. The molecule has 0 unspecified atom stereocenters. The number of carbonyl (C=O) groups excluding carboxylic acids is 1. The quantitative estimate of drug-likeness (QED) is 0.698. The van der Waals surface area contributed by atoms with E-state index in [-0.39, 0.29) is 29.9 Å². The molecule has 1 fully saturated rings. The summed E-state index contributed by atoms with van der Waals surface area (Å²) in [6.07, 6.45) is 1.57. The Morgan fingerprint density at radius 2 is 1.80 bits per heavy atom. The van der Waals surface area contributed by atoms with Gasteiger partial charge < -0.3 is 9.64 Å². The Labute approximate surface area is 172 Å². The first-order valence-electron chi connectivity index (χ1n) is 9.58. The summed E-state index contributed by atoms with van der Waals surface area (Å²) in [5.74, 6) is -0.931. The Morgan fingerprint density at radius 1 is 1.03 bits per heavy atom. The first kappa shape index (κ1) is 19.9. The number of aromatic nitrogens is 2. The fourth-order valence-electron chi connectivity index (χ4n) is 3.26. The van der Waals surface area contributed by atoms with Crippen LogP contribution in [0.1, 0.15) is 5.56 Å². The molecule has 4 rings (SSSR count). The molecule has 0 atom stereocenters. The second-order valence-electron chi connectivity index (χ2n) is 6.91. The van der Waals surface area contributed by atoms with Crippen LogP contribution in [0.3, 0.4) is 0 Å². The van der Waals surface area contributed by atoms with Crippen LogP contribution in [0.4, 0.5) is 20.4 Å². The van der Waals surface area contributed by atoms with Gasteiger partial charge in [-0.25, -0.2) is 18.7 Å². The molecule has 154 valence electrons. The zero-order valence-corrected chi connectivity index (χ0v) is 16.1. The molecule has 1 aliphatic heterocycles. The number of ether oxygens (including phenoxy) is 1. The smallest absolute Gasteiger partial charge is 0.231 e. The zero-order valence-electron chi connectivity index (χ0n) is 16.1. The maximum atomic E-state index is 14.3. The highest BCUT2D eigenvalue weighted by Gasteiger charge is 2.15. The van der Waals surface area contributed by atoms with Crippen molar-refractivity contribution < 1.29 is 18.3 Å². The molecule has 1 aromatic heterocycles. The van der Waals surface area contributed by atoms with Crippen LogP contribution in [0.2, 0.25) is 0 Å². The summed E-state index contributed by atoms with van der Waals surface area (Å²) < 4.78 is 32.6. The van der Waals surface area contributed by atoms with E-state index in [0.717, 1.165) is 5.69 Å². The van der Waals surface area contributed by atoms with Crippen LogP contribution in [0, 0.1) is 11.6 Å². The summed E-state index contributed by atoms with van der Waals surface area (Å²) in [7, 11) is 0. The number of hydrogen-bond donors (Lipinski definition) is 1. The van der Waals surface area contributed by atoms with Gasteiger partial charge in [-0.1, -0.05) is 12.1 Å². The number of carbonyl (C=O) groups is 1. The Kier molecular flexibility index (Phi) is 5.94. The number of halogens is 2. The minimum absolute atomic E-state index is 0.0645. The first-order valence-corrected chi connectivity index (χ1v) is 9.58. The molecule has 1 amide bonds. The maximum Gasteiger partial charge on any atom is 0.231 e. The van der Waals surface area contributed by atoms with E-state index in [1.54, 1.807) is 18.2 Å². The van der Waals surface area contributed by atoms with Crippen molar-refractivity contribution in [1.29, 1.82) is 0 Å². The molecule has 30 heavy (non-hydrogen) atoms. The third kappa shape index (κ3) is 4.96. The third-order valence-electron chi connectivity index (χ3n) is 4.74. The summed E-state index contributed by atoms with van der Waals surface area (Å²) in [5.41, 5.74) is 2.52. The van der Waals surface area contributed by atoms with E-state index < -0.39 is 0 Å². The number of nitrogens with zero attached hydrogens (tertiary/aromatic N) is 3. The van der Waals surface area contributed by atoms with Crippen LogP contribution < -0.4 is 10.2 Å². The van der Waals surface area contributed by atoms with Crippen molar-refractivity contribution in [2.75, 3.05) is 36.5 Å². The topological polar surface area (TPSA) is 67.4 Å². The monoisotopic (exact) mass is 410 g/mol. The van der Waals surface area contributed by atoms with Crippen LogP contribution in [0.25, 0.3) is 11.3 Å². The number of benzene rings is 2. The molecular weight excluding hydrogens is 390 g/mol. The van der Waals surface area contributed by atoms with Crippen LogP contribution in [0.15, 0.2) is 54.7 Å². The van der Waals surface area contributed by atoms with Crippen molar-refractivity contribution in [3.05, 3.63) is 71.9 Å². The van der Waals surface area contributed by atoms with Crippen LogP contribution in [-0.2, 0) is 16.0 Å². The van der Waals surface area contributed by atoms with Crippen molar-refractivity contribution in [2.45, 2.75) is 6.42 Å². The number of anilines is 2. The highest BCUT2D eigenvalue weighted by Crippen LogP contribution is 2.26. The van der Waals surface area contributed by atoms with Crippen LogP contribution >= 0.6 is 0 Å². The first-order chi connectivity index (χ1) is 14.6. The second-order valence-corrected chi connectivity index (χ2v) is 6.91. The Morgan fingerprint density at radius 3 is 2.57 bits per heavy atom. The number of morpholine rings is 1. The molecule has 1 N–H and O–H groups in total. The van der Waals surface area contributed by atoms with Gasteiger partial charge in [-0.3, -0.25) is 10.1 Å². The van der Waals surface area contributed by atoms with Crippen molar-refractivity contribution >= 4 is 17.5 Å². The van der Waals surface area contributed by atoms with Gasteiger partial charge in [0.2, 0.25) is 11.9 Å². The second kappa shape index (κ2) is 8.96. The zero-order chi connectivity index (χ0) is 20.9. The minimum atomic E-state index is -0.366. The molecular formula is C22H20F2N4O2. The SMILES string of the molecule is O=C(Cc1ccc(F)cc1)Nc1nccc(-c2cc(F)cc(N3CCOCC3)c2)n1. The van der Waals surface area contributed by atoms with Gasteiger partial charge in [0.25, 0.3) is 0 Å². The van der Waals surface area contributed by atoms with Crippen molar-refractivity contribution in [1.82, 2.24) is 9.97 Å². The van der Waals surface area contributed by atoms with Crippen molar-refractivity contribution in [2.24, 2.45) is 0 Å². The molecule has 2 heterocycles. The van der Waals surface area contributed by atoms with Crippen molar-refractivity contribution in [3.8, 4) is 11.3 Å². The summed E-state index contributed by atoms with van der Waals surface area (Å²) in [4.78, 5) is 22.7. The van der Waals surface area contributed by atoms with Gasteiger partial charge in [-0.15, -0.1) is 0 Å². The molecule has 0 radical (unpaired) electrons. The lowest BCUT2D eigenvalue weighted by Crippen LogP contribution is -2.36. The normalized spacial score (nSPS) is 13.9. The Hall–Kier alpha value is -3.39. The molecule has 1 saturated heterocycles. The summed E-state index contributed by atoms with van der Waals surface area (Å²) in [5, 5.41) is 2.63. The molecule has 6 nitrogen and oxygen atoms in total. The van der Waals surface area contributed by atoms with Gasteiger partial charge in [0.15, 0.2) is 0 Å². The number of rotatable bonds is 5. The van der Waals surface area contributed by atoms with Gasteiger partial charge in [0, 0.05) is 30.5 Å². The molecule has 8 heteroatoms. The lowest BCUT2D eigenvalue weighted by molar-refractivity contribution is -0.115. The van der Waals surface area contributed by atoms with Gasteiger partial charge in [-0.2, -0.15) is 0 Å². The molecule has 0 spiro atoms. The minimum Gasteiger partial charge on any atom is -0.378 e. The molecule has 0 aliphatic carbocycles. The highest BCUT2D eigenvalue weighted by atomic mass is 19.1. The average Bonchev–Trinajstić information content (AvgIpc) is 2.76. The molecule has 1 aliphatic rings. The van der Waals surface area contributed by atoms with Gasteiger partial charge in [0.05, 0.1) is 25.3 Å². The molecule has 2 aromatic carbocycles. The standard InChI is InChI=1S/C22H20F2N4O2/c23-17-3-1-15(2-4-17)11-21(29)27-22-25-6-5-20(26-22)16-12-18(24)14-19(13-16)28-7-9-30-10-8-28/h1-6,12-14H,7-11H2,(H,25,26,27,29). The number of hydrogen-bond acceptors (Lipinski definition) is 5. The predicted octanol–water partition coefficient (Wildman–Crippen LogP) is 3.44. The molecule has 0 bridgehead atoms. The fourth-order valence-corrected chi connectivity index (χ4v) is 3.26. The third-order valence-corrected chi connectivity index (χ3v) is 4.74. The largest absolute Gasteiger partial charge is 0.378 e. The van der Waals surface area contributed by atoms with E-state index in [2.05, 4.69) is 20.2 Å². The van der Waals surface area contributed by atoms with E-state index >= 15 is 0 Å². The Bertz CT molecular complexity index is 1040. The summed E-state index contributed by atoms with van der Waals surface area (Å²) in [6, 6.07) is 12.1. The lowest BCUT2D eigenvalue weighted by Gasteiger charge is -2.29. The van der Waals surface area contributed by atoms with E-state index in [1.807, 2.05) is 6.07 Å². The van der Waals surface area contributed by atoms with E-state index in [0.29, 0.717) is 43.1 Å². The highest BCUT2D eigenvalue weighted by molar-refractivity contribution is 5.90. The van der Waals surface area contributed by atoms with E-state index in [4.69, 9.17) is 4.74 Å². The average molecular weight is 410 g/mol. The predicted molar refractivity (Wildman–Crippen MR) is 109 cm³/mol. The summed E-state index contributed by atoms with van der Waals surface area (Å²) >= 11 is 0. The van der Waals surface area contributed by atoms with Gasteiger partial charge in [0.1, 0.15) is 11.6 Å². The van der Waals surface area contributed by atoms with Gasteiger partial charge in [-0.05, 0) is 42.0 Å². The van der Waals surface area contributed by atoms with Crippen LogP contribution in [0.5, 0.6) is 0 Å². The number of amides is 1. The van der Waals surface area contributed by atoms with Crippen LogP contribution in [-0.4, -0.2) is 42.2 Å². The molecule has 3 aromatic rings. The van der Waals surface area contributed by atoms with E-state index in [1.165, 1.54) is 30.5 Å². The summed E-state index contributed by atoms with van der Waals surface area (Å²) in [6.45, 7) is 2.59.